The maximum absolute atomic E-state index is 10.5. The molecule has 0 aromatic heterocycles. The Balaban J connectivity index is -0.000000311. The molecule has 0 bridgehead atoms. The summed E-state index contributed by atoms with van der Waals surface area (Å²) >= 11 is 0. The predicted molar refractivity (Wildman–Crippen MR) is 93.9 cm³/mol. The molecule has 0 fully saturated rings. The Hall–Kier alpha value is -1.74. The Bertz CT molecular complexity index is 333. The summed E-state index contributed by atoms with van der Waals surface area (Å²) in [5.41, 5.74) is -0.667. The van der Waals surface area contributed by atoms with Crippen molar-refractivity contribution in [1.29, 1.82) is 0 Å². The van der Waals surface area contributed by atoms with Crippen LogP contribution in [0.4, 0.5) is 0 Å². The topological polar surface area (TPSA) is 145 Å². The van der Waals surface area contributed by atoms with Gasteiger partial charge in [-0.15, -0.1) is 0 Å². The van der Waals surface area contributed by atoms with Crippen LogP contribution in [-0.4, -0.2) is 70.5 Å². The third kappa shape index (κ3) is 20.2. The molecule has 0 aliphatic heterocycles. The molecule has 0 aliphatic rings. The fourth-order valence-electron chi connectivity index (χ4n) is 1.11. The fraction of sp³-hybridized carbons (Fsp3) is 0.647. The van der Waals surface area contributed by atoms with E-state index in [9.17, 15) is 9.59 Å². The molecule has 0 rings (SSSR count). The minimum atomic E-state index is -0.981. The molecule has 5 N–H and O–H groups in total. The summed E-state index contributed by atoms with van der Waals surface area (Å²) in [4.78, 5) is 19.7. The number of carboxylic acid groups (broad SMARTS) is 1. The number of carbonyl (C=O) groups is 2. The molecule has 0 aromatic carbocycles. The van der Waals surface area contributed by atoms with Crippen molar-refractivity contribution < 1.29 is 39.9 Å². The number of carboxylic acids is 1. The first-order valence-electron chi connectivity index (χ1n) is 7.90. The Kier molecular flexibility index (Phi) is 22.8. The molecule has 25 heavy (non-hydrogen) atoms. The standard InChI is InChI=1S/C8H14O3.C6H14O3.C3H4O2/c1-2-8(10)11-7-5-3-4-6-9;1-2-6(3-7,4-8)5-9;1-2-3(4)5/h2,9H,1,3-7H2;7-9H,2-5H2,1H3;2H,1H2,(H,4,5). The van der Waals surface area contributed by atoms with Crippen LogP contribution in [0.25, 0.3) is 0 Å². The molecule has 8 heteroatoms. The SMILES string of the molecule is C=CC(=O)O.C=CC(=O)OCCCCCO.CCC(CO)(CO)CO. The summed E-state index contributed by atoms with van der Waals surface area (Å²) < 4.78 is 4.70. The van der Waals surface area contributed by atoms with Crippen molar-refractivity contribution in [1.82, 2.24) is 0 Å². The van der Waals surface area contributed by atoms with E-state index in [2.05, 4.69) is 13.2 Å². The van der Waals surface area contributed by atoms with E-state index in [1.807, 2.05) is 6.92 Å². The second kappa shape index (κ2) is 20.3. The highest BCUT2D eigenvalue weighted by atomic mass is 16.5. The first-order chi connectivity index (χ1) is 11.8. The van der Waals surface area contributed by atoms with Crippen molar-refractivity contribution in [3.63, 3.8) is 0 Å². The van der Waals surface area contributed by atoms with Gasteiger partial charge in [-0.1, -0.05) is 20.1 Å². The van der Waals surface area contributed by atoms with Crippen LogP contribution < -0.4 is 0 Å². The van der Waals surface area contributed by atoms with Gasteiger partial charge in [0.05, 0.1) is 26.4 Å². The second-order valence-corrected chi connectivity index (χ2v) is 5.03. The summed E-state index contributed by atoms with van der Waals surface area (Å²) in [5, 5.41) is 42.0. The minimum absolute atomic E-state index is 0.156. The third-order valence-corrected chi connectivity index (χ3v) is 3.14. The number of hydrogen-bond acceptors (Lipinski definition) is 7. The maximum Gasteiger partial charge on any atom is 0.330 e. The van der Waals surface area contributed by atoms with Crippen LogP contribution in [0.3, 0.4) is 0 Å². The first-order valence-corrected chi connectivity index (χ1v) is 7.90. The van der Waals surface area contributed by atoms with Crippen LogP contribution in [0.1, 0.15) is 32.6 Å². The smallest absolute Gasteiger partial charge is 0.330 e. The third-order valence-electron chi connectivity index (χ3n) is 3.14. The number of hydrogen-bond donors (Lipinski definition) is 5. The van der Waals surface area contributed by atoms with Gasteiger partial charge in [0.2, 0.25) is 0 Å². The Morgan fingerprint density at radius 3 is 1.68 bits per heavy atom. The van der Waals surface area contributed by atoms with Gasteiger partial charge in [0.1, 0.15) is 0 Å². The van der Waals surface area contributed by atoms with E-state index in [-0.39, 0.29) is 32.4 Å². The quantitative estimate of drug-likeness (QED) is 0.202. The molecule has 0 saturated carbocycles. The molecule has 0 aromatic rings. The van der Waals surface area contributed by atoms with Gasteiger partial charge in [-0.05, 0) is 25.7 Å². The summed E-state index contributed by atoms with van der Waals surface area (Å²) in [6.45, 7) is 8.20. The predicted octanol–water partition coefficient (Wildman–Crippen LogP) is 0.495. The van der Waals surface area contributed by atoms with Crippen molar-refractivity contribution >= 4 is 11.9 Å². The second-order valence-electron chi connectivity index (χ2n) is 5.03. The largest absolute Gasteiger partial charge is 0.478 e. The average Bonchev–Trinajstić information content (AvgIpc) is 2.64. The van der Waals surface area contributed by atoms with Crippen LogP contribution in [0.2, 0.25) is 0 Å². The summed E-state index contributed by atoms with van der Waals surface area (Å²) in [5.74, 6) is -1.36. The highest BCUT2D eigenvalue weighted by Gasteiger charge is 2.24. The van der Waals surface area contributed by atoms with Crippen LogP contribution in [0.5, 0.6) is 0 Å². The van der Waals surface area contributed by atoms with Gasteiger partial charge in [0, 0.05) is 24.2 Å². The van der Waals surface area contributed by atoms with E-state index in [1.165, 1.54) is 0 Å². The number of aliphatic carboxylic acids is 1. The normalized spacial score (nSPS) is 9.64. The molecular formula is C17H32O8. The Morgan fingerprint density at radius 2 is 1.44 bits per heavy atom. The van der Waals surface area contributed by atoms with Gasteiger partial charge in [-0.25, -0.2) is 9.59 Å². The summed E-state index contributed by atoms with van der Waals surface area (Å²) in [6, 6.07) is 0. The Morgan fingerprint density at radius 1 is 0.960 bits per heavy atom. The van der Waals surface area contributed by atoms with Crippen LogP contribution in [0.15, 0.2) is 25.3 Å². The van der Waals surface area contributed by atoms with E-state index in [4.69, 9.17) is 30.3 Å². The average molecular weight is 364 g/mol. The first kappa shape index (κ1) is 28.1. The van der Waals surface area contributed by atoms with Crippen molar-refractivity contribution in [2.24, 2.45) is 5.41 Å². The monoisotopic (exact) mass is 364 g/mol. The van der Waals surface area contributed by atoms with Crippen molar-refractivity contribution in [3.05, 3.63) is 25.3 Å². The zero-order valence-corrected chi connectivity index (χ0v) is 14.9. The van der Waals surface area contributed by atoms with E-state index in [0.717, 1.165) is 31.4 Å². The van der Waals surface area contributed by atoms with Crippen LogP contribution in [-0.2, 0) is 14.3 Å². The fourth-order valence-corrected chi connectivity index (χ4v) is 1.11. The van der Waals surface area contributed by atoms with Crippen molar-refractivity contribution in [3.8, 4) is 0 Å². The highest BCUT2D eigenvalue weighted by Crippen LogP contribution is 2.18. The Labute approximate surface area is 149 Å². The number of carbonyl (C=O) groups excluding carboxylic acids is 1. The zero-order valence-electron chi connectivity index (χ0n) is 14.9. The number of ether oxygens (including phenoxy) is 1. The lowest BCUT2D eigenvalue weighted by atomic mass is 9.88. The number of rotatable bonds is 11. The van der Waals surface area contributed by atoms with E-state index in [0.29, 0.717) is 13.0 Å². The van der Waals surface area contributed by atoms with Gasteiger partial charge in [0.15, 0.2) is 0 Å². The molecule has 0 heterocycles. The molecule has 8 nitrogen and oxygen atoms in total. The lowest BCUT2D eigenvalue weighted by Crippen LogP contribution is -2.32. The van der Waals surface area contributed by atoms with E-state index >= 15 is 0 Å². The molecule has 0 amide bonds. The van der Waals surface area contributed by atoms with Crippen molar-refractivity contribution in [2.75, 3.05) is 33.0 Å². The molecule has 0 saturated heterocycles. The molecule has 0 atom stereocenters. The number of aliphatic hydroxyl groups is 4. The van der Waals surface area contributed by atoms with Gasteiger partial charge in [0.25, 0.3) is 0 Å². The number of esters is 1. The molecule has 148 valence electrons. The van der Waals surface area contributed by atoms with Crippen LogP contribution in [0, 0.1) is 5.41 Å². The lowest BCUT2D eigenvalue weighted by molar-refractivity contribution is -0.138. The molecular weight excluding hydrogens is 332 g/mol. The summed E-state index contributed by atoms with van der Waals surface area (Å²) in [7, 11) is 0. The van der Waals surface area contributed by atoms with Crippen molar-refractivity contribution in [2.45, 2.75) is 32.6 Å². The van der Waals surface area contributed by atoms with E-state index < -0.39 is 11.4 Å². The zero-order chi connectivity index (χ0) is 20.1. The van der Waals surface area contributed by atoms with Gasteiger partial charge in [-0.2, -0.15) is 0 Å². The number of aliphatic hydroxyl groups excluding tert-OH is 4. The van der Waals surface area contributed by atoms with E-state index in [1.54, 1.807) is 0 Å². The summed E-state index contributed by atoms with van der Waals surface area (Å²) in [6.07, 6.45) is 5.04. The molecule has 0 spiro atoms. The van der Waals surface area contributed by atoms with Crippen LogP contribution >= 0.6 is 0 Å². The lowest BCUT2D eigenvalue weighted by Gasteiger charge is -2.24. The number of unbranched alkanes of at least 4 members (excludes halogenated alkanes) is 2. The molecule has 0 unspecified atom stereocenters. The van der Waals surface area contributed by atoms with Gasteiger partial charge >= 0.3 is 11.9 Å². The van der Waals surface area contributed by atoms with Gasteiger partial charge < -0.3 is 30.3 Å². The maximum atomic E-state index is 10.5. The van der Waals surface area contributed by atoms with Gasteiger partial charge in [-0.3, -0.25) is 0 Å². The molecule has 0 aliphatic carbocycles. The molecule has 0 radical (unpaired) electrons. The minimum Gasteiger partial charge on any atom is -0.478 e. The highest BCUT2D eigenvalue weighted by molar-refractivity contribution is 5.81.